The Kier molecular flexibility index (Phi) is 6.71. The molecule has 1 N–H and O–H groups in total. The molecular formula is C23H26ClN7O2. The highest BCUT2D eigenvalue weighted by molar-refractivity contribution is 6.33. The molecule has 0 aliphatic heterocycles. The Morgan fingerprint density at radius 3 is 2.67 bits per heavy atom. The lowest BCUT2D eigenvalue weighted by Gasteiger charge is -2.13. The van der Waals surface area contributed by atoms with Crippen molar-refractivity contribution in [2.75, 3.05) is 32.5 Å². The average molecular weight is 468 g/mol. The minimum absolute atomic E-state index is 0.160. The number of hydrogen-bond acceptors (Lipinski definition) is 8. The van der Waals surface area contributed by atoms with Crippen LogP contribution in [-0.4, -0.2) is 56.8 Å². The lowest BCUT2D eigenvalue weighted by molar-refractivity contribution is 0.394. The second kappa shape index (κ2) is 9.68. The maximum atomic E-state index is 13.3. The van der Waals surface area contributed by atoms with Gasteiger partial charge in [0.25, 0.3) is 5.56 Å². The first-order chi connectivity index (χ1) is 15.9. The van der Waals surface area contributed by atoms with Gasteiger partial charge in [0.2, 0.25) is 17.7 Å². The number of nitrogens with one attached hydrogen (secondary N) is 1. The van der Waals surface area contributed by atoms with E-state index in [0.29, 0.717) is 51.6 Å². The van der Waals surface area contributed by atoms with E-state index in [-0.39, 0.29) is 5.56 Å². The van der Waals surface area contributed by atoms with Gasteiger partial charge in [0, 0.05) is 53.3 Å². The Hall–Kier alpha value is -3.30. The molecule has 0 aliphatic rings. The molecule has 0 radical (unpaired) electrons. The number of nitrogens with zero attached hydrogens (tertiary/aromatic N) is 6. The van der Waals surface area contributed by atoms with Gasteiger partial charge in [0.15, 0.2) is 0 Å². The molecule has 0 spiro atoms. The van der Waals surface area contributed by atoms with Crippen LogP contribution in [0.4, 0.5) is 5.95 Å². The van der Waals surface area contributed by atoms with Gasteiger partial charge in [-0.2, -0.15) is 9.97 Å². The van der Waals surface area contributed by atoms with E-state index in [1.54, 1.807) is 35.9 Å². The quantitative estimate of drug-likeness (QED) is 0.390. The van der Waals surface area contributed by atoms with Gasteiger partial charge in [-0.25, -0.2) is 4.98 Å². The Morgan fingerprint density at radius 2 is 2.00 bits per heavy atom. The summed E-state index contributed by atoms with van der Waals surface area (Å²) in [5, 5.41) is 8.35. The molecular weight excluding hydrogens is 442 g/mol. The number of fused-ring (bicyclic) bond motifs is 1. The van der Waals surface area contributed by atoms with Gasteiger partial charge in [-0.1, -0.05) is 28.9 Å². The van der Waals surface area contributed by atoms with Gasteiger partial charge >= 0.3 is 0 Å². The third-order valence-electron chi connectivity index (χ3n) is 5.25. The van der Waals surface area contributed by atoms with Crippen molar-refractivity contribution in [2.45, 2.75) is 26.8 Å². The third kappa shape index (κ3) is 4.89. The van der Waals surface area contributed by atoms with Gasteiger partial charge in [0.1, 0.15) is 5.65 Å². The fraction of sp³-hybridized carbons (Fsp3) is 0.348. The van der Waals surface area contributed by atoms with Gasteiger partial charge in [-0.3, -0.25) is 9.36 Å². The topological polar surface area (TPSA) is 102 Å². The molecule has 1 aromatic carbocycles. The molecule has 9 nitrogen and oxygen atoms in total. The summed E-state index contributed by atoms with van der Waals surface area (Å²) < 4.78 is 6.69. The van der Waals surface area contributed by atoms with Crippen LogP contribution < -0.4 is 10.9 Å². The highest BCUT2D eigenvalue weighted by Gasteiger charge is 2.16. The number of anilines is 1. The summed E-state index contributed by atoms with van der Waals surface area (Å²) in [5.74, 6) is 1.43. The van der Waals surface area contributed by atoms with Crippen LogP contribution in [0.2, 0.25) is 5.02 Å². The number of aryl methyl sites for hydroxylation is 2. The van der Waals surface area contributed by atoms with Crippen LogP contribution >= 0.6 is 11.6 Å². The van der Waals surface area contributed by atoms with Crippen LogP contribution in [0, 0.1) is 6.92 Å². The summed E-state index contributed by atoms with van der Waals surface area (Å²) in [6.07, 6.45) is 2.70. The third-order valence-corrected chi connectivity index (χ3v) is 5.57. The molecule has 0 unspecified atom stereocenters. The summed E-state index contributed by atoms with van der Waals surface area (Å²) >= 11 is 6.58. The zero-order valence-corrected chi connectivity index (χ0v) is 19.8. The predicted molar refractivity (Wildman–Crippen MR) is 130 cm³/mol. The summed E-state index contributed by atoms with van der Waals surface area (Å²) in [6.45, 7) is 5.83. The number of hydrogen-bond donors (Lipinski definition) is 1. The fourth-order valence-electron chi connectivity index (χ4n) is 3.62. The maximum absolute atomic E-state index is 13.3. The molecule has 33 heavy (non-hydrogen) atoms. The molecule has 4 rings (SSSR count). The van der Waals surface area contributed by atoms with E-state index in [1.165, 1.54) is 0 Å². The van der Waals surface area contributed by atoms with Crippen molar-refractivity contribution in [2.24, 2.45) is 0 Å². The molecule has 0 aliphatic carbocycles. The van der Waals surface area contributed by atoms with Crippen molar-refractivity contribution in [3.8, 4) is 22.5 Å². The van der Waals surface area contributed by atoms with Crippen LogP contribution in [0.25, 0.3) is 33.5 Å². The second-order valence-corrected chi connectivity index (χ2v) is 8.40. The largest absolute Gasteiger partial charge is 0.354 e. The van der Waals surface area contributed by atoms with Gasteiger partial charge in [0.05, 0.1) is 0 Å². The molecule has 172 valence electrons. The van der Waals surface area contributed by atoms with E-state index in [4.69, 9.17) is 16.1 Å². The van der Waals surface area contributed by atoms with E-state index >= 15 is 0 Å². The maximum Gasteiger partial charge on any atom is 0.260 e. The fourth-order valence-corrected chi connectivity index (χ4v) is 3.90. The van der Waals surface area contributed by atoms with E-state index in [1.807, 2.05) is 27.1 Å². The van der Waals surface area contributed by atoms with Gasteiger partial charge in [-0.15, -0.1) is 0 Å². The van der Waals surface area contributed by atoms with E-state index in [9.17, 15) is 4.79 Å². The molecule has 3 aromatic heterocycles. The highest BCUT2D eigenvalue weighted by atomic mass is 35.5. The SMILES string of the molecule is CCn1c(=O)c(-c2ccc(-c3noc(C)n3)cc2Cl)cc2cnc(NCCCN(C)C)nc21. The minimum Gasteiger partial charge on any atom is -0.354 e. The smallest absolute Gasteiger partial charge is 0.260 e. The first-order valence-corrected chi connectivity index (χ1v) is 11.1. The molecule has 0 saturated heterocycles. The van der Waals surface area contributed by atoms with Crippen LogP contribution in [-0.2, 0) is 6.54 Å². The van der Waals surface area contributed by atoms with Gasteiger partial charge < -0.3 is 14.7 Å². The number of halogens is 1. The zero-order valence-electron chi connectivity index (χ0n) is 19.1. The molecule has 0 saturated carbocycles. The average Bonchev–Trinajstić information content (AvgIpc) is 3.23. The van der Waals surface area contributed by atoms with Crippen LogP contribution in [0.15, 0.2) is 39.8 Å². The number of aromatic nitrogens is 5. The van der Waals surface area contributed by atoms with Crippen molar-refractivity contribution in [3.63, 3.8) is 0 Å². The lowest BCUT2D eigenvalue weighted by atomic mass is 10.0. The molecule has 0 fully saturated rings. The van der Waals surface area contributed by atoms with E-state index in [0.717, 1.165) is 24.9 Å². The number of pyridine rings is 1. The molecule has 4 aromatic rings. The lowest BCUT2D eigenvalue weighted by Crippen LogP contribution is -2.23. The standard InChI is InChI=1S/C23H26ClN7O2/c1-5-31-21-16(13-26-23(28-21)25-9-6-10-30(3)4)11-18(22(31)32)17-8-7-15(12-19(17)24)20-27-14(2)33-29-20/h7-8,11-13H,5-6,9-10H2,1-4H3,(H,25,26,28). The highest BCUT2D eigenvalue weighted by Crippen LogP contribution is 2.31. The molecule has 0 atom stereocenters. The Balaban J connectivity index is 1.69. The Bertz CT molecular complexity index is 1350. The molecule has 10 heteroatoms. The number of rotatable bonds is 8. The minimum atomic E-state index is -0.160. The summed E-state index contributed by atoms with van der Waals surface area (Å²) in [7, 11) is 4.08. The first kappa shape index (κ1) is 22.9. The summed E-state index contributed by atoms with van der Waals surface area (Å²) in [6, 6.07) is 7.15. The summed E-state index contributed by atoms with van der Waals surface area (Å²) in [4.78, 5) is 28.7. The van der Waals surface area contributed by atoms with Gasteiger partial charge in [-0.05, 0) is 46.1 Å². The van der Waals surface area contributed by atoms with Crippen molar-refractivity contribution in [3.05, 3.63) is 51.7 Å². The monoisotopic (exact) mass is 467 g/mol. The second-order valence-electron chi connectivity index (χ2n) is 8.00. The zero-order chi connectivity index (χ0) is 23.5. The number of benzene rings is 1. The van der Waals surface area contributed by atoms with E-state index in [2.05, 4.69) is 30.3 Å². The first-order valence-electron chi connectivity index (χ1n) is 10.8. The Labute approximate surface area is 196 Å². The Morgan fingerprint density at radius 1 is 1.18 bits per heavy atom. The summed E-state index contributed by atoms with van der Waals surface area (Å²) in [5.41, 5.74) is 2.25. The van der Waals surface area contributed by atoms with Crippen molar-refractivity contribution < 1.29 is 4.52 Å². The van der Waals surface area contributed by atoms with Crippen LogP contribution in [0.1, 0.15) is 19.2 Å². The van der Waals surface area contributed by atoms with E-state index < -0.39 is 0 Å². The van der Waals surface area contributed by atoms with Crippen LogP contribution in [0.5, 0.6) is 0 Å². The van der Waals surface area contributed by atoms with Crippen molar-refractivity contribution >= 4 is 28.6 Å². The molecule has 3 heterocycles. The normalized spacial score (nSPS) is 11.5. The molecule has 0 bridgehead atoms. The van der Waals surface area contributed by atoms with Crippen LogP contribution in [0.3, 0.4) is 0 Å². The van der Waals surface area contributed by atoms with Crippen molar-refractivity contribution in [1.29, 1.82) is 0 Å². The molecule has 0 amide bonds. The predicted octanol–water partition coefficient (Wildman–Crippen LogP) is 3.85. The van der Waals surface area contributed by atoms with Crippen molar-refractivity contribution in [1.82, 2.24) is 29.6 Å².